The van der Waals surface area contributed by atoms with Gasteiger partial charge in [0.05, 0.1) is 0 Å². The van der Waals surface area contributed by atoms with E-state index in [1.54, 1.807) is 4.90 Å². The molecule has 1 saturated heterocycles. The van der Waals surface area contributed by atoms with Crippen molar-refractivity contribution in [3.8, 4) is 0 Å². The molecule has 3 nitrogen and oxygen atoms in total. The summed E-state index contributed by atoms with van der Waals surface area (Å²) in [6.45, 7) is 7.77. The maximum absolute atomic E-state index is 12.3. The second kappa shape index (κ2) is 5.74. The number of likely N-dealkylation sites (tertiary alicyclic amines) is 1. The van der Waals surface area contributed by atoms with Crippen molar-refractivity contribution in [2.45, 2.75) is 39.7 Å². The van der Waals surface area contributed by atoms with E-state index in [2.05, 4.69) is 6.92 Å². The Hall–Kier alpha value is -1.35. The third-order valence-electron chi connectivity index (χ3n) is 4.18. The minimum Gasteiger partial charge on any atom is -0.378 e. The number of carbonyl (C=O) groups excluding carboxylic acids is 1. The van der Waals surface area contributed by atoms with Gasteiger partial charge in [-0.2, -0.15) is 0 Å². The lowest BCUT2D eigenvalue weighted by atomic mass is 9.97. The summed E-state index contributed by atoms with van der Waals surface area (Å²) in [5, 5.41) is 10.2. The molecule has 0 aliphatic carbocycles. The maximum atomic E-state index is 12.3. The van der Waals surface area contributed by atoms with Gasteiger partial charge in [0.25, 0.3) is 5.91 Å². The molecule has 2 rings (SSSR count). The van der Waals surface area contributed by atoms with Gasteiger partial charge in [-0.1, -0.05) is 25.1 Å². The normalized spacial score (nSPS) is 18.4. The quantitative estimate of drug-likeness (QED) is 0.889. The van der Waals surface area contributed by atoms with Crippen molar-refractivity contribution in [2.75, 3.05) is 13.1 Å². The molecule has 1 N–H and O–H groups in total. The average molecular weight is 261 g/mol. The molecule has 19 heavy (non-hydrogen) atoms. The molecule has 0 radical (unpaired) electrons. The van der Waals surface area contributed by atoms with E-state index in [1.807, 2.05) is 32.0 Å². The molecule has 104 valence electrons. The Morgan fingerprint density at radius 1 is 1.26 bits per heavy atom. The Kier molecular flexibility index (Phi) is 4.25. The number of hydrogen-bond acceptors (Lipinski definition) is 2. The smallest absolute Gasteiger partial charge is 0.256 e. The second-order valence-electron chi connectivity index (χ2n) is 5.75. The van der Waals surface area contributed by atoms with Crippen molar-refractivity contribution in [2.24, 2.45) is 5.92 Å². The van der Waals surface area contributed by atoms with Gasteiger partial charge < -0.3 is 10.0 Å². The van der Waals surface area contributed by atoms with Crippen molar-refractivity contribution in [1.29, 1.82) is 0 Å². The average Bonchev–Trinajstić information content (AvgIpc) is 2.41. The molecule has 1 amide bonds. The number of rotatable bonds is 2. The lowest BCUT2D eigenvalue weighted by Crippen LogP contribution is -2.40. The van der Waals surface area contributed by atoms with Crippen molar-refractivity contribution in [3.05, 3.63) is 34.9 Å². The molecular formula is C16H23NO2. The van der Waals surface area contributed by atoms with Crippen LogP contribution < -0.4 is 0 Å². The van der Waals surface area contributed by atoms with Gasteiger partial charge in [0.2, 0.25) is 0 Å². The monoisotopic (exact) mass is 261 g/mol. The van der Waals surface area contributed by atoms with Gasteiger partial charge in [0.1, 0.15) is 0 Å². The van der Waals surface area contributed by atoms with E-state index in [0.717, 1.165) is 31.5 Å². The number of aliphatic hydroxyl groups excluding tert-OH is 1. The van der Waals surface area contributed by atoms with Gasteiger partial charge in [0.15, 0.2) is 6.10 Å². The predicted molar refractivity (Wildman–Crippen MR) is 75.9 cm³/mol. The van der Waals surface area contributed by atoms with Crippen LogP contribution in [0.25, 0.3) is 0 Å². The van der Waals surface area contributed by atoms with Gasteiger partial charge in [-0.3, -0.25) is 4.79 Å². The number of benzene rings is 1. The number of carbonyl (C=O) groups is 1. The molecule has 1 heterocycles. The van der Waals surface area contributed by atoms with Crippen molar-refractivity contribution < 1.29 is 9.90 Å². The van der Waals surface area contributed by atoms with Crippen LogP contribution in [0.4, 0.5) is 0 Å². The number of nitrogens with zero attached hydrogens (tertiary/aromatic N) is 1. The highest BCUT2D eigenvalue weighted by Crippen LogP contribution is 2.22. The van der Waals surface area contributed by atoms with E-state index < -0.39 is 6.10 Å². The predicted octanol–water partition coefficient (Wildman–Crippen LogP) is 2.60. The molecule has 0 saturated carbocycles. The van der Waals surface area contributed by atoms with Crippen LogP contribution in [0.3, 0.4) is 0 Å². The number of aliphatic hydroxyl groups is 1. The topological polar surface area (TPSA) is 40.5 Å². The Balaban J connectivity index is 2.08. The van der Waals surface area contributed by atoms with E-state index in [0.29, 0.717) is 11.5 Å². The first kappa shape index (κ1) is 14.1. The van der Waals surface area contributed by atoms with E-state index in [1.165, 1.54) is 5.56 Å². The van der Waals surface area contributed by atoms with Crippen molar-refractivity contribution in [3.63, 3.8) is 0 Å². The highest BCUT2D eigenvalue weighted by molar-refractivity contribution is 5.82. The summed E-state index contributed by atoms with van der Waals surface area (Å²) in [5.41, 5.74) is 2.98. The summed E-state index contributed by atoms with van der Waals surface area (Å²) in [5.74, 6) is 0.526. The van der Waals surface area contributed by atoms with Crippen LogP contribution >= 0.6 is 0 Å². The van der Waals surface area contributed by atoms with E-state index in [4.69, 9.17) is 0 Å². The van der Waals surface area contributed by atoms with Crippen LogP contribution in [-0.4, -0.2) is 29.0 Å². The first-order chi connectivity index (χ1) is 8.99. The zero-order chi connectivity index (χ0) is 14.0. The van der Waals surface area contributed by atoms with E-state index in [-0.39, 0.29) is 5.91 Å². The lowest BCUT2D eigenvalue weighted by Gasteiger charge is -2.31. The van der Waals surface area contributed by atoms with Crippen LogP contribution in [0, 0.1) is 19.8 Å². The van der Waals surface area contributed by atoms with Gasteiger partial charge >= 0.3 is 0 Å². The van der Waals surface area contributed by atoms with Gasteiger partial charge in [-0.15, -0.1) is 0 Å². The second-order valence-corrected chi connectivity index (χ2v) is 5.75. The van der Waals surface area contributed by atoms with E-state index in [9.17, 15) is 9.90 Å². The summed E-state index contributed by atoms with van der Waals surface area (Å²) >= 11 is 0. The Morgan fingerprint density at radius 3 is 2.47 bits per heavy atom. The van der Waals surface area contributed by atoms with Crippen LogP contribution in [0.15, 0.2) is 18.2 Å². The van der Waals surface area contributed by atoms with E-state index >= 15 is 0 Å². The van der Waals surface area contributed by atoms with Gasteiger partial charge in [-0.05, 0) is 49.3 Å². The Morgan fingerprint density at radius 2 is 1.89 bits per heavy atom. The third-order valence-corrected chi connectivity index (χ3v) is 4.18. The standard InChI is InChI=1S/C16H23NO2/c1-11-6-8-17(9-7-11)16(19)15(18)14-5-4-12(2)13(3)10-14/h4-5,10-11,15,18H,6-9H2,1-3H3. The number of piperidine rings is 1. The molecule has 0 aromatic heterocycles. The molecule has 0 spiro atoms. The highest BCUT2D eigenvalue weighted by atomic mass is 16.3. The largest absolute Gasteiger partial charge is 0.378 e. The summed E-state index contributed by atoms with van der Waals surface area (Å²) in [6, 6.07) is 5.71. The molecule has 1 aliphatic rings. The summed E-state index contributed by atoms with van der Waals surface area (Å²) in [7, 11) is 0. The van der Waals surface area contributed by atoms with Gasteiger partial charge in [-0.25, -0.2) is 0 Å². The van der Waals surface area contributed by atoms with Crippen LogP contribution in [-0.2, 0) is 4.79 Å². The molecule has 0 bridgehead atoms. The molecule has 3 heteroatoms. The third kappa shape index (κ3) is 3.16. The molecule has 1 unspecified atom stereocenters. The SMILES string of the molecule is Cc1ccc(C(O)C(=O)N2CCC(C)CC2)cc1C. The number of amides is 1. The summed E-state index contributed by atoms with van der Waals surface area (Å²) in [6.07, 6.45) is 1.05. The van der Waals surface area contributed by atoms with Crippen LogP contribution in [0.5, 0.6) is 0 Å². The zero-order valence-electron chi connectivity index (χ0n) is 12.0. The number of aryl methyl sites for hydroxylation is 2. The van der Waals surface area contributed by atoms with Gasteiger partial charge in [0, 0.05) is 13.1 Å². The molecule has 1 aromatic carbocycles. The molecular weight excluding hydrogens is 238 g/mol. The highest BCUT2D eigenvalue weighted by Gasteiger charge is 2.26. The Bertz CT molecular complexity index is 462. The molecule has 1 aromatic rings. The fourth-order valence-electron chi connectivity index (χ4n) is 2.48. The molecule has 1 atom stereocenters. The minimum atomic E-state index is -1.02. The van der Waals surface area contributed by atoms with Crippen LogP contribution in [0.2, 0.25) is 0 Å². The van der Waals surface area contributed by atoms with Crippen molar-refractivity contribution in [1.82, 2.24) is 4.90 Å². The maximum Gasteiger partial charge on any atom is 0.256 e. The summed E-state index contributed by atoms with van der Waals surface area (Å²) in [4.78, 5) is 14.1. The molecule has 1 fully saturated rings. The fraction of sp³-hybridized carbons (Fsp3) is 0.562. The number of hydrogen-bond donors (Lipinski definition) is 1. The minimum absolute atomic E-state index is 0.157. The summed E-state index contributed by atoms with van der Waals surface area (Å²) < 4.78 is 0. The Labute approximate surface area is 115 Å². The van der Waals surface area contributed by atoms with Crippen LogP contribution in [0.1, 0.15) is 42.6 Å². The fourth-order valence-corrected chi connectivity index (χ4v) is 2.48. The zero-order valence-corrected chi connectivity index (χ0v) is 12.0. The molecule has 1 aliphatic heterocycles. The first-order valence-electron chi connectivity index (χ1n) is 7.03. The lowest BCUT2D eigenvalue weighted by molar-refractivity contribution is -0.141. The van der Waals surface area contributed by atoms with Crippen molar-refractivity contribution >= 4 is 5.91 Å². The first-order valence-corrected chi connectivity index (χ1v) is 7.03.